The first-order valence-corrected chi connectivity index (χ1v) is 8.21. The van der Waals surface area contributed by atoms with Gasteiger partial charge in [0.2, 0.25) is 0 Å². The first kappa shape index (κ1) is 15.5. The molecule has 1 aromatic rings. The summed E-state index contributed by atoms with van der Waals surface area (Å²) in [6.45, 7) is 7.52. The fraction of sp³-hybridized carbons (Fsp3) is 0.667. The minimum Gasteiger partial charge on any atom is -0.378 e. The van der Waals surface area contributed by atoms with Crippen molar-refractivity contribution in [3.63, 3.8) is 0 Å². The fourth-order valence-corrected chi connectivity index (χ4v) is 3.25. The quantitative estimate of drug-likeness (QED) is 0.763. The summed E-state index contributed by atoms with van der Waals surface area (Å²) in [5.74, 6) is 0.712. The lowest BCUT2D eigenvalue weighted by Gasteiger charge is -2.40. The second-order valence-electron chi connectivity index (χ2n) is 5.88. The molecule has 20 heavy (non-hydrogen) atoms. The third-order valence-corrected chi connectivity index (χ3v) is 4.59. The third-order valence-electron chi connectivity index (χ3n) is 4.59. The first-order chi connectivity index (χ1) is 9.78. The van der Waals surface area contributed by atoms with Gasteiger partial charge in [-0.25, -0.2) is 0 Å². The van der Waals surface area contributed by atoms with Crippen molar-refractivity contribution in [1.82, 2.24) is 5.32 Å². The molecule has 1 atom stereocenters. The van der Waals surface area contributed by atoms with Gasteiger partial charge < -0.3 is 10.1 Å². The van der Waals surface area contributed by atoms with E-state index in [1.54, 1.807) is 0 Å². The Morgan fingerprint density at radius 3 is 2.30 bits per heavy atom. The summed E-state index contributed by atoms with van der Waals surface area (Å²) in [5, 5.41) is 3.88. The van der Waals surface area contributed by atoms with Gasteiger partial charge in [0.15, 0.2) is 0 Å². The van der Waals surface area contributed by atoms with Gasteiger partial charge in [0.05, 0.1) is 6.10 Å². The number of rotatable bonds is 8. The lowest BCUT2D eigenvalue weighted by Crippen LogP contribution is -2.48. The van der Waals surface area contributed by atoms with Gasteiger partial charge in [-0.2, -0.15) is 0 Å². The van der Waals surface area contributed by atoms with Crippen LogP contribution in [0.5, 0.6) is 0 Å². The van der Waals surface area contributed by atoms with Crippen LogP contribution in [0.2, 0.25) is 0 Å². The standard InChI is InChI=1S/C18H29NO/c1-4-14(5-2)18(15-10-8-7-9-11-15)19-16-12-17(13-16)20-6-3/h7-11,14,16-19H,4-6,12-13H2,1-3H3. The average molecular weight is 275 g/mol. The third kappa shape index (κ3) is 3.83. The van der Waals surface area contributed by atoms with Crippen molar-refractivity contribution in [3.8, 4) is 0 Å². The molecular weight excluding hydrogens is 246 g/mol. The van der Waals surface area contributed by atoms with Crippen molar-refractivity contribution < 1.29 is 4.74 Å². The molecule has 0 saturated heterocycles. The molecule has 1 aromatic carbocycles. The molecule has 1 aliphatic rings. The van der Waals surface area contributed by atoms with Gasteiger partial charge in [0.1, 0.15) is 0 Å². The number of hydrogen-bond acceptors (Lipinski definition) is 2. The normalized spacial score (nSPS) is 23.6. The van der Waals surface area contributed by atoms with Crippen LogP contribution in [0.15, 0.2) is 30.3 Å². The van der Waals surface area contributed by atoms with Crippen molar-refractivity contribution in [2.75, 3.05) is 6.61 Å². The molecule has 2 nitrogen and oxygen atoms in total. The molecule has 1 unspecified atom stereocenters. The Kier molecular flexibility index (Phi) is 6.06. The van der Waals surface area contributed by atoms with Crippen LogP contribution in [-0.4, -0.2) is 18.8 Å². The maximum atomic E-state index is 5.67. The molecule has 112 valence electrons. The van der Waals surface area contributed by atoms with Crippen LogP contribution in [-0.2, 0) is 4.74 Å². The van der Waals surface area contributed by atoms with E-state index in [-0.39, 0.29) is 0 Å². The number of ether oxygens (including phenoxy) is 1. The van der Waals surface area contributed by atoms with E-state index in [0.29, 0.717) is 24.1 Å². The molecule has 1 saturated carbocycles. The topological polar surface area (TPSA) is 21.3 Å². The smallest absolute Gasteiger partial charge is 0.0604 e. The maximum absolute atomic E-state index is 5.67. The summed E-state index contributed by atoms with van der Waals surface area (Å²) in [7, 11) is 0. The Balaban J connectivity index is 1.97. The molecule has 0 aliphatic heterocycles. The number of nitrogens with one attached hydrogen (secondary N) is 1. The Bertz CT molecular complexity index is 368. The highest BCUT2D eigenvalue weighted by atomic mass is 16.5. The predicted octanol–water partition coefficient (Wildman–Crippen LogP) is 4.32. The van der Waals surface area contributed by atoms with Gasteiger partial charge in [-0.05, 0) is 31.2 Å². The Hall–Kier alpha value is -0.860. The summed E-state index contributed by atoms with van der Waals surface area (Å²) < 4.78 is 5.67. The minimum absolute atomic E-state index is 0.482. The molecule has 0 spiro atoms. The van der Waals surface area contributed by atoms with Gasteiger partial charge in [0.25, 0.3) is 0 Å². The van der Waals surface area contributed by atoms with E-state index in [1.807, 2.05) is 0 Å². The molecule has 1 N–H and O–H groups in total. The van der Waals surface area contributed by atoms with Gasteiger partial charge in [0, 0.05) is 18.7 Å². The Morgan fingerprint density at radius 2 is 1.75 bits per heavy atom. The highest BCUT2D eigenvalue weighted by Gasteiger charge is 2.32. The largest absolute Gasteiger partial charge is 0.378 e. The van der Waals surface area contributed by atoms with Crippen LogP contribution in [0, 0.1) is 5.92 Å². The van der Waals surface area contributed by atoms with Crippen molar-refractivity contribution in [1.29, 1.82) is 0 Å². The molecule has 1 aliphatic carbocycles. The van der Waals surface area contributed by atoms with Gasteiger partial charge in [-0.3, -0.25) is 0 Å². The zero-order valence-electron chi connectivity index (χ0n) is 13.1. The highest BCUT2D eigenvalue weighted by molar-refractivity contribution is 5.20. The summed E-state index contributed by atoms with van der Waals surface area (Å²) in [6.07, 6.45) is 5.26. The van der Waals surface area contributed by atoms with E-state index < -0.39 is 0 Å². The van der Waals surface area contributed by atoms with E-state index >= 15 is 0 Å². The van der Waals surface area contributed by atoms with E-state index in [1.165, 1.54) is 18.4 Å². The van der Waals surface area contributed by atoms with Crippen LogP contribution < -0.4 is 5.32 Å². The predicted molar refractivity (Wildman–Crippen MR) is 84.8 cm³/mol. The monoisotopic (exact) mass is 275 g/mol. The summed E-state index contributed by atoms with van der Waals surface area (Å²) in [4.78, 5) is 0. The highest BCUT2D eigenvalue weighted by Crippen LogP contribution is 2.32. The lowest BCUT2D eigenvalue weighted by atomic mass is 9.84. The van der Waals surface area contributed by atoms with Crippen LogP contribution in [0.25, 0.3) is 0 Å². The maximum Gasteiger partial charge on any atom is 0.0604 e. The molecule has 0 aromatic heterocycles. The van der Waals surface area contributed by atoms with E-state index in [4.69, 9.17) is 4.74 Å². The second-order valence-corrected chi connectivity index (χ2v) is 5.88. The van der Waals surface area contributed by atoms with Crippen molar-refractivity contribution in [2.45, 2.75) is 64.6 Å². The molecule has 0 radical (unpaired) electrons. The van der Waals surface area contributed by atoms with Crippen LogP contribution in [0.4, 0.5) is 0 Å². The number of benzene rings is 1. The molecule has 2 rings (SSSR count). The number of hydrogen-bond donors (Lipinski definition) is 1. The van der Waals surface area contributed by atoms with Crippen LogP contribution in [0.1, 0.15) is 58.1 Å². The molecule has 0 heterocycles. The van der Waals surface area contributed by atoms with Gasteiger partial charge in [-0.15, -0.1) is 0 Å². The zero-order valence-corrected chi connectivity index (χ0v) is 13.1. The molecule has 0 amide bonds. The summed E-state index contributed by atoms with van der Waals surface area (Å²) in [6, 6.07) is 12.0. The molecule has 2 heteroatoms. The average Bonchev–Trinajstić information content (AvgIpc) is 2.45. The fourth-order valence-electron chi connectivity index (χ4n) is 3.25. The molecule has 1 fully saturated rings. The van der Waals surface area contributed by atoms with Crippen molar-refractivity contribution >= 4 is 0 Å². The lowest BCUT2D eigenvalue weighted by molar-refractivity contribution is -0.0144. The SMILES string of the molecule is CCOC1CC(NC(c2ccccc2)C(CC)CC)C1. The van der Waals surface area contributed by atoms with Crippen LogP contribution >= 0.6 is 0 Å². The van der Waals surface area contributed by atoms with E-state index in [2.05, 4.69) is 56.4 Å². The van der Waals surface area contributed by atoms with Gasteiger partial charge in [-0.1, -0.05) is 57.0 Å². The Labute approximate surface area is 123 Å². The van der Waals surface area contributed by atoms with Crippen molar-refractivity contribution in [2.24, 2.45) is 5.92 Å². The molecular formula is C18H29NO. The van der Waals surface area contributed by atoms with Crippen molar-refractivity contribution in [3.05, 3.63) is 35.9 Å². The molecule has 0 bridgehead atoms. The van der Waals surface area contributed by atoms with Gasteiger partial charge >= 0.3 is 0 Å². The first-order valence-electron chi connectivity index (χ1n) is 8.21. The second kappa shape index (κ2) is 7.80. The summed E-state index contributed by atoms with van der Waals surface area (Å²) in [5.41, 5.74) is 1.43. The minimum atomic E-state index is 0.482. The zero-order chi connectivity index (χ0) is 14.4. The van der Waals surface area contributed by atoms with Crippen LogP contribution in [0.3, 0.4) is 0 Å². The Morgan fingerprint density at radius 1 is 1.10 bits per heavy atom. The van der Waals surface area contributed by atoms with E-state index in [0.717, 1.165) is 19.4 Å². The summed E-state index contributed by atoms with van der Waals surface area (Å²) >= 11 is 0. The van der Waals surface area contributed by atoms with E-state index in [9.17, 15) is 0 Å².